The molecule has 35 heavy (non-hydrogen) atoms. The van der Waals surface area contributed by atoms with Crippen molar-refractivity contribution in [1.82, 2.24) is 0 Å². The Labute approximate surface area is 208 Å². The van der Waals surface area contributed by atoms with Gasteiger partial charge in [-0.05, 0) is 52.4 Å². The number of ether oxygens (including phenoxy) is 3. The second kappa shape index (κ2) is 5.90. The van der Waals surface area contributed by atoms with Gasteiger partial charge in [0, 0.05) is 35.5 Å². The summed E-state index contributed by atoms with van der Waals surface area (Å²) in [5.74, 6) is 2.36. The Hall–Kier alpha value is -1.68. The zero-order valence-electron chi connectivity index (χ0n) is 20.9. The number of fused-ring (bicyclic) bond motifs is 17. The van der Waals surface area contributed by atoms with Crippen molar-refractivity contribution >= 4 is 0 Å². The van der Waals surface area contributed by atoms with Crippen molar-refractivity contribution in [2.75, 3.05) is 0 Å². The van der Waals surface area contributed by atoms with Crippen LogP contribution in [0, 0.1) is 35.5 Å². The third-order valence-electron chi connectivity index (χ3n) is 12.4. The Morgan fingerprint density at radius 2 is 0.686 bits per heavy atom. The van der Waals surface area contributed by atoms with Crippen LogP contribution in [0.2, 0.25) is 0 Å². The topological polar surface area (TPSA) is 27.7 Å². The average molecular weight is 469 g/mol. The molecule has 6 fully saturated rings. The maximum absolute atomic E-state index is 7.82. The van der Waals surface area contributed by atoms with Crippen LogP contribution in [0.1, 0.15) is 52.4 Å². The Balaban J connectivity index is 1.23. The predicted octanol–water partition coefficient (Wildman–Crippen LogP) is 6.01. The second-order valence-corrected chi connectivity index (χ2v) is 13.5. The van der Waals surface area contributed by atoms with E-state index >= 15 is 0 Å². The van der Waals surface area contributed by atoms with Crippen LogP contribution in [-0.4, -0.2) is 33.6 Å². The average Bonchev–Trinajstić information content (AvgIpc) is 3.70. The number of hydrogen-bond acceptors (Lipinski definition) is 3. The summed E-state index contributed by atoms with van der Waals surface area (Å²) in [6.45, 7) is 4.71. The summed E-state index contributed by atoms with van der Waals surface area (Å²) in [6, 6.07) is 0. The van der Waals surface area contributed by atoms with Gasteiger partial charge in [0.1, 0.15) is 22.4 Å². The molecule has 3 aliphatic carbocycles. The minimum atomic E-state index is -0.297. The van der Waals surface area contributed by atoms with Crippen molar-refractivity contribution in [3.63, 3.8) is 0 Å². The van der Waals surface area contributed by atoms with E-state index in [0.717, 1.165) is 38.5 Å². The van der Waals surface area contributed by atoms with Crippen LogP contribution in [0.15, 0.2) is 72.9 Å². The van der Waals surface area contributed by atoms with E-state index in [9.17, 15) is 0 Å². The summed E-state index contributed by atoms with van der Waals surface area (Å²) in [5.41, 5.74) is -1.29. The molecular weight excluding hydrogens is 432 g/mol. The molecule has 0 aromatic carbocycles. The van der Waals surface area contributed by atoms with Crippen LogP contribution in [0.5, 0.6) is 0 Å². The van der Waals surface area contributed by atoms with Gasteiger partial charge in [-0.2, -0.15) is 0 Å². The molecule has 0 aromatic rings. The van der Waals surface area contributed by atoms with Crippen molar-refractivity contribution in [1.29, 1.82) is 0 Å². The van der Waals surface area contributed by atoms with Gasteiger partial charge in [-0.3, -0.25) is 0 Å². The minimum Gasteiger partial charge on any atom is -0.365 e. The standard InChI is InChI=1S/C32H36O3/c1-27-15-17-29(33-27,23-11-5-3-9-21(23)27)31-19-20-32(35-31,26-14-8-7-13-25(26)31)30-18-16-28(2,34-30)22-10-4-6-12-24(22)30/h3-14,21-26H,15-20H2,1-2H3. The molecule has 0 spiro atoms. The maximum atomic E-state index is 7.82. The smallest absolute Gasteiger partial charge is 0.106 e. The Morgan fingerprint density at radius 3 is 1.09 bits per heavy atom. The molecule has 6 aliphatic heterocycles. The number of rotatable bonds is 2. The lowest BCUT2D eigenvalue weighted by Gasteiger charge is -2.50. The first kappa shape index (κ1) is 20.4. The van der Waals surface area contributed by atoms with Crippen LogP contribution < -0.4 is 0 Å². The van der Waals surface area contributed by atoms with E-state index in [-0.39, 0.29) is 33.6 Å². The highest BCUT2D eigenvalue weighted by molar-refractivity contribution is 5.43. The molecule has 3 nitrogen and oxygen atoms in total. The Kier molecular flexibility index (Phi) is 3.44. The van der Waals surface area contributed by atoms with Gasteiger partial charge in [0.05, 0.1) is 11.2 Å². The summed E-state index contributed by atoms with van der Waals surface area (Å²) < 4.78 is 22.4. The van der Waals surface area contributed by atoms with E-state index in [1.54, 1.807) is 0 Å². The normalized spacial score (nSPS) is 63.3. The lowest BCUT2D eigenvalue weighted by molar-refractivity contribution is -0.236. The third kappa shape index (κ3) is 1.92. The van der Waals surface area contributed by atoms with E-state index in [2.05, 4.69) is 86.8 Å². The largest absolute Gasteiger partial charge is 0.365 e. The quantitative estimate of drug-likeness (QED) is 0.497. The van der Waals surface area contributed by atoms with Crippen molar-refractivity contribution in [3.8, 4) is 0 Å². The van der Waals surface area contributed by atoms with Gasteiger partial charge in [0.15, 0.2) is 0 Å². The van der Waals surface area contributed by atoms with E-state index in [4.69, 9.17) is 14.2 Å². The first-order valence-corrected chi connectivity index (χ1v) is 14.1. The molecule has 12 atom stereocenters. The summed E-state index contributed by atoms with van der Waals surface area (Å²) in [6.07, 6.45) is 34.8. The SMILES string of the molecule is CC12CCC(C34CCC(C56CCC(C)(O5)C5C=CC=CC56)(O3)C3C=CC=CC34)(O1)C1C=CC=CC12. The van der Waals surface area contributed by atoms with Gasteiger partial charge in [0.2, 0.25) is 0 Å². The molecule has 6 bridgehead atoms. The van der Waals surface area contributed by atoms with Gasteiger partial charge in [-0.25, -0.2) is 0 Å². The van der Waals surface area contributed by atoms with Crippen molar-refractivity contribution in [2.24, 2.45) is 35.5 Å². The van der Waals surface area contributed by atoms with Gasteiger partial charge in [-0.15, -0.1) is 0 Å². The molecule has 9 aliphatic rings. The molecule has 0 aromatic heterocycles. The Bertz CT molecular complexity index is 1120. The van der Waals surface area contributed by atoms with Crippen LogP contribution in [0.25, 0.3) is 0 Å². The van der Waals surface area contributed by atoms with Crippen LogP contribution in [0.3, 0.4) is 0 Å². The van der Waals surface area contributed by atoms with Gasteiger partial charge < -0.3 is 14.2 Å². The number of allylic oxidation sites excluding steroid dienone is 6. The summed E-state index contributed by atoms with van der Waals surface area (Å²) in [4.78, 5) is 0. The summed E-state index contributed by atoms with van der Waals surface area (Å²) >= 11 is 0. The molecule has 9 rings (SSSR count). The molecule has 0 amide bonds. The first-order valence-electron chi connectivity index (χ1n) is 14.1. The van der Waals surface area contributed by atoms with E-state index in [1.165, 1.54) is 0 Å². The monoisotopic (exact) mass is 468 g/mol. The summed E-state index contributed by atoms with van der Waals surface area (Å²) in [5, 5.41) is 0. The van der Waals surface area contributed by atoms with Crippen LogP contribution >= 0.6 is 0 Å². The molecule has 6 heterocycles. The molecule has 0 N–H and O–H groups in total. The summed E-state index contributed by atoms with van der Waals surface area (Å²) in [7, 11) is 0. The van der Waals surface area contributed by atoms with Crippen LogP contribution in [-0.2, 0) is 14.2 Å². The molecule has 182 valence electrons. The molecule has 12 unspecified atom stereocenters. The highest BCUT2D eigenvalue weighted by Crippen LogP contribution is 2.77. The van der Waals surface area contributed by atoms with Crippen molar-refractivity contribution in [2.45, 2.75) is 86.0 Å². The Morgan fingerprint density at radius 1 is 0.400 bits per heavy atom. The van der Waals surface area contributed by atoms with E-state index in [1.807, 2.05) is 0 Å². The first-order chi connectivity index (χ1) is 16.9. The molecule has 0 saturated carbocycles. The predicted molar refractivity (Wildman–Crippen MR) is 134 cm³/mol. The van der Waals surface area contributed by atoms with Crippen LogP contribution in [0.4, 0.5) is 0 Å². The highest BCUT2D eigenvalue weighted by Gasteiger charge is 2.85. The molecule has 3 heteroatoms. The fourth-order valence-corrected chi connectivity index (χ4v) is 11.2. The maximum Gasteiger partial charge on any atom is 0.106 e. The number of hydrogen-bond donors (Lipinski definition) is 0. The molecule has 0 radical (unpaired) electrons. The van der Waals surface area contributed by atoms with Gasteiger partial charge in [0.25, 0.3) is 0 Å². The van der Waals surface area contributed by atoms with Crippen molar-refractivity contribution < 1.29 is 14.2 Å². The highest BCUT2D eigenvalue weighted by atomic mass is 16.6. The van der Waals surface area contributed by atoms with Gasteiger partial charge in [-0.1, -0.05) is 72.9 Å². The molecule has 6 saturated heterocycles. The minimum absolute atomic E-state index is 0.0856. The van der Waals surface area contributed by atoms with E-state index in [0.29, 0.717) is 35.5 Å². The second-order valence-electron chi connectivity index (χ2n) is 13.5. The fraction of sp³-hybridized carbons (Fsp3) is 0.625. The van der Waals surface area contributed by atoms with E-state index < -0.39 is 0 Å². The van der Waals surface area contributed by atoms with Gasteiger partial charge >= 0.3 is 0 Å². The lowest BCUT2D eigenvalue weighted by Crippen LogP contribution is -2.60. The third-order valence-corrected chi connectivity index (χ3v) is 12.4. The van der Waals surface area contributed by atoms with Crippen molar-refractivity contribution in [3.05, 3.63) is 72.9 Å². The molecular formula is C32H36O3. The zero-order valence-corrected chi connectivity index (χ0v) is 20.9. The fourth-order valence-electron chi connectivity index (χ4n) is 11.2. The lowest BCUT2D eigenvalue weighted by atomic mass is 9.50. The zero-order chi connectivity index (χ0) is 23.3.